The molecule has 9 heteroatoms. The van der Waals surface area contributed by atoms with Gasteiger partial charge in [-0.25, -0.2) is 0 Å². The lowest BCUT2D eigenvalue weighted by Gasteiger charge is -2.32. The van der Waals surface area contributed by atoms with Crippen molar-refractivity contribution in [2.75, 3.05) is 40.9 Å². The van der Waals surface area contributed by atoms with E-state index in [9.17, 15) is 14.9 Å². The van der Waals surface area contributed by atoms with Gasteiger partial charge in [-0.15, -0.1) is 12.4 Å². The van der Waals surface area contributed by atoms with Crippen LogP contribution in [0.3, 0.4) is 0 Å². The molecule has 26 heavy (non-hydrogen) atoms. The first-order valence-electron chi connectivity index (χ1n) is 8.36. The highest BCUT2D eigenvalue weighted by molar-refractivity contribution is 5.96. The molecule has 0 atom stereocenters. The molecule has 1 aliphatic rings. The number of amides is 1. The molecule has 0 radical (unpaired) electrons. The third kappa shape index (κ3) is 4.98. The van der Waals surface area contributed by atoms with Crippen LogP contribution in [0.5, 0.6) is 11.5 Å². The number of rotatable bonds is 7. The van der Waals surface area contributed by atoms with Crippen molar-refractivity contribution in [3.8, 4) is 11.5 Å². The zero-order valence-corrected chi connectivity index (χ0v) is 16.1. The topological polar surface area (TPSA) is 93.9 Å². The molecule has 0 aliphatic carbocycles. The molecular formula is C17H26ClN3O5. The molecule has 2 rings (SSSR count). The van der Waals surface area contributed by atoms with E-state index in [0.29, 0.717) is 19.0 Å². The molecule has 1 aliphatic heterocycles. The number of methoxy groups -OCH3 is 2. The van der Waals surface area contributed by atoms with E-state index in [1.165, 1.54) is 26.4 Å². The van der Waals surface area contributed by atoms with Crippen LogP contribution < -0.4 is 14.8 Å². The number of nitro groups is 1. The van der Waals surface area contributed by atoms with Crippen LogP contribution in [0.1, 0.15) is 29.6 Å². The van der Waals surface area contributed by atoms with Gasteiger partial charge in [0.05, 0.1) is 24.7 Å². The largest absolute Gasteiger partial charge is 0.493 e. The van der Waals surface area contributed by atoms with E-state index in [-0.39, 0.29) is 41.1 Å². The van der Waals surface area contributed by atoms with Gasteiger partial charge in [0.2, 0.25) is 5.75 Å². The number of halogens is 1. The summed E-state index contributed by atoms with van der Waals surface area (Å²) in [6.07, 6.45) is 2.99. The second-order valence-electron chi connectivity index (χ2n) is 6.12. The first-order chi connectivity index (χ1) is 12.0. The molecule has 0 aromatic heterocycles. The number of carbonyl (C=O) groups excluding carboxylic acids is 1. The lowest BCUT2D eigenvalue weighted by Crippen LogP contribution is -2.39. The number of benzene rings is 1. The number of hydrogen-bond donors (Lipinski definition) is 1. The Kier molecular flexibility index (Phi) is 8.60. The smallest absolute Gasteiger partial charge is 0.315 e. The summed E-state index contributed by atoms with van der Waals surface area (Å²) in [5.74, 6) is 0.603. The molecule has 1 saturated heterocycles. The predicted octanol–water partition coefficient (Wildman–Crippen LogP) is 2.50. The molecule has 0 spiro atoms. The summed E-state index contributed by atoms with van der Waals surface area (Å²) in [6.45, 7) is 2.30. The van der Waals surface area contributed by atoms with Crippen LogP contribution in [0.2, 0.25) is 0 Å². The Morgan fingerprint density at radius 3 is 2.46 bits per heavy atom. The minimum atomic E-state index is -0.567. The highest BCUT2D eigenvalue weighted by Crippen LogP contribution is 2.38. The molecule has 0 bridgehead atoms. The van der Waals surface area contributed by atoms with Gasteiger partial charge < -0.3 is 19.7 Å². The molecule has 0 saturated carbocycles. The van der Waals surface area contributed by atoms with Gasteiger partial charge in [-0.1, -0.05) is 0 Å². The van der Waals surface area contributed by atoms with E-state index in [1.807, 2.05) is 7.05 Å². The minimum absolute atomic E-state index is 0. The molecule has 1 N–H and O–H groups in total. The molecule has 1 aromatic rings. The summed E-state index contributed by atoms with van der Waals surface area (Å²) in [7, 11) is 4.66. The zero-order chi connectivity index (χ0) is 18.4. The Morgan fingerprint density at radius 2 is 1.96 bits per heavy atom. The summed E-state index contributed by atoms with van der Waals surface area (Å²) in [4.78, 5) is 25.2. The lowest BCUT2D eigenvalue weighted by atomic mass is 9.93. The summed E-state index contributed by atoms with van der Waals surface area (Å²) in [5, 5.41) is 14.4. The third-order valence-electron chi connectivity index (χ3n) is 4.61. The monoisotopic (exact) mass is 387 g/mol. The number of piperidine rings is 1. The van der Waals surface area contributed by atoms with Crippen molar-refractivity contribution in [2.24, 2.45) is 5.92 Å². The average molecular weight is 388 g/mol. The van der Waals surface area contributed by atoms with E-state index in [4.69, 9.17) is 9.47 Å². The first kappa shape index (κ1) is 22.0. The van der Waals surface area contributed by atoms with Crippen LogP contribution in [0.4, 0.5) is 5.69 Å². The second-order valence-corrected chi connectivity index (χ2v) is 6.12. The number of nitrogens with zero attached hydrogens (tertiary/aromatic N) is 2. The Morgan fingerprint density at radius 1 is 1.31 bits per heavy atom. The quantitative estimate of drug-likeness (QED) is 0.570. The van der Waals surface area contributed by atoms with Gasteiger partial charge in [0.25, 0.3) is 5.91 Å². The van der Waals surface area contributed by atoms with Crippen molar-refractivity contribution in [3.05, 3.63) is 27.8 Å². The van der Waals surface area contributed by atoms with Crippen LogP contribution in [0.15, 0.2) is 12.1 Å². The molecule has 8 nitrogen and oxygen atoms in total. The van der Waals surface area contributed by atoms with Gasteiger partial charge in [0.1, 0.15) is 0 Å². The number of likely N-dealkylation sites (tertiary alicyclic amines) is 1. The summed E-state index contributed by atoms with van der Waals surface area (Å²) >= 11 is 0. The van der Waals surface area contributed by atoms with E-state index in [0.717, 1.165) is 25.8 Å². The summed E-state index contributed by atoms with van der Waals surface area (Å²) < 4.78 is 10.2. The van der Waals surface area contributed by atoms with Gasteiger partial charge in [0, 0.05) is 19.2 Å². The van der Waals surface area contributed by atoms with Crippen molar-refractivity contribution in [3.63, 3.8) is 0 Å². The highest BCUT2D eigenvalue weighted by atomic mass is 35.5. The van der Waals surface area contributed by atoms with Gasteiger partial charge in [0.15, 0.2) is 5.75 Å². The fourth-order valence-electron chi connectivity index (χ4n) is 3.16. The number of nitro benzene ring substituents is 1. The fraction of sp³-hybridized carbons (Fsp3) is 0.588. The van der Waals surface area contributed by atoms with E-state index in [1.54, 1.807) is 4.90 Å². The van der Waals surface area contributed by atoms with E-state index < -0.39 is 4.92 Å². The van der Waals surface area contributed by atoms with Crippen LogP contribution in [0.25, 0.3) is 0 Å². The highest BCUT2D eigenvalue weighted by Gasteiger charge is 2.28. The second kappa shape index (κ2) is 10.2. The van der Waals surface area contributed by atoms with Gasteiger partial charge in [-0.3, -0.25) is 14.9 Å². The molecular weight excluding hydrogens is 362 g/mol. The van der Waals surface area contributed by atoms with Crippen molar-refractivity contribution in [2.45, 2.75) is 19.3 Å². The third-order valence-corrected chi connectivity index (χ3v) is 4.61. The minimum Gasteiger partial charge on any atom is -0.493 e. The summed E-state index contributed by atoms with van der Waals surface area (Å²) in [6, 6.07) is 2.76. The average Bonchev–Trinajstić information content (AvgIpc) is 2.64. The molecule has 0 unspecified atom stereocenters. The molecule has 1 amide bonds. The number of ether oxygens (including phenoxy) is 2. The van der Waals surface area contributed by atoms with Crippen molar-refractivity contribution >= 4 is 24.0 Å². The Labute approximate surface area is 159 Å². The van der Waals surface area contributed by atoms with Crippen LogP contribution in [-0.2, 0) is 0 Å². The SMILES string of the molecule is CNCCC1CCN(C(=O)c2cc(OC)c(OC)c([N+](=O)[O-])c2)CC1.Cl. The maximum Gasteiger partial charge on any atom is 0.315 e. The standard InChI is InChI=1S/C17H25N3O5.ClH/c1-18-7-4-12-5-8-19(9-6-12)17(21)13-10-14(20(22)23)16(25-3)15(11-13)24-2;/h10-12,18H,4-9H2,1-3H3;1H. The first-order valence-corrected chi connectivity index (χ1v) is 8.36. The van der Waals surface area contributed by atoms with Crippen molar-refractivity contribution < 1.29 is 19.2 Å². The van der Waals surface area contributed by atoms with Crippen molar-refractivity contribution in [1.29, 1.82) is 0 Å². The van der Waals surface area contributed by atoms with Gasteiger partial charge in [-0.2, -0.15) is 0 Å². The van der Waals surface area contributed by atoms with Crippen LogP contribution in [-0.4, -0.2) is 56.6 Å². The predicted molar refractivity (Wildman–Crippen MR) is 101 cm³/mol. The number of nitrogens with one attached hydrogen (secondary N) is 1. The lowest BCUT2D eigenvalue weighted by molar-refractivity contribution is -0.385. The number of carbonyl (C=O) groups is 1. The van der Waals surface area contributed by atoms with Crippen LogP contribution >= 0.6 is 12.4 Å². The maximum absolute atomic E-state index is 12.8. The Balaban J connectivity index is 0.00000338. The van der Waals surface area contributed by atoms with Gasteiger partial charge >= 0.3 is 5.69 Å². The molecule has 146 valence electrons. The van der Waals surface area contributed by atoms with Crippen molar-refractivity contribution in [1.82, 2.24) is 10.2 Å². The van der Waals surface area contributed by atoms with E-state index in [2.05, 4.69) is 5.32 Å². The maximum atomic E-state index is 12.8. The number of hydrogen-bond acceptors (Lipinski definition) is 6. The summed E-state index contributed by atoms with van der Waals surface area (Å²) in [5.41, 5.74) is -0.0212. The zero-order valence-electron chi connectivity index (χ0n) is 15.3. The Bertz CT molecular complexity index is 633. The molecule has 1 aromatic carbocycles. The molecule has 1 fully saturated rings. The fourth-order valence-corrected chi connectivity index (χ4v) is 3.16. The van der Waals surface area contributed by atoms with Gasteiger partial charge in [-0.05, 0) is 44.8 Å². The Hall–Kier alpha value is -2.06. The van der Waals surface area contributed by atoms with Crippen LogP contribution in [0, 0.1) is 16.0 Å². The molecule has 1 heterocycles. The van der Waals surface area contributed by atoms with E-state index >= 15 is 0 Å². The normalized spacial score (nSPS) is 14.5.